The van der Waals surface area contributed by atoms with E-state index in [4.69, 9.17) is 0 Å². The molecule has 1 saturated heterocycles. The third kappa shape index (κ3) is 4.40. The third-order valence-corrected chi connectivity index (χ3v) is 8.64. The molecule has 146 valence electrons. The van der Waals surface area contributed by atoms with Crippen molar-refractivity contribution in [3.63, 3.8) is 0 Å². The van der Waals surface area contributed by atoms with Crippen molar-refractivity contribution in [1.29, 1.82) is 0 Å². The monoisotopic (exact) mass is 408 g/mol. The summed E-state index contributed by atoms with van der Waals surface area (Å²) >= 11 is 0. The fourth-order valence-corrected chi connectivity index (χ4v) is 6.11. The van der Waals surface area contributed by atoms with Crippen LogP contribution in [0.25, 0.3) is 0 Å². The van der Waals surface area contributed by atoms with Gasteiger partial charge in [0.25, 0.3) is 0 Å². The van der Waals surface area contributed by atoms with E-state index in [9.17, 15) is 16.8 Å². The van der Waals surface area contributed by atoms with Crippen molar-refractivity contribution >= 4 is 20.0 Å². The molecule has 0 spiro atoms. The maximum absolute atomic E-state index is 12.9. The summed E-state index contributed by atoms with van der Waals surface area (Å²) in [5.74, 6) is -0.0717. The zero-order valence-corrected chi connectivity index (χ0v) is 17.1. The second kappa shape index (κ2) is 7.71. The Balaban J connectivity index is 1.70. The summed E-state index contributed by atoms with van der Waals surface area (Å²) in [4.78, 5) is 0.256. The Hall–Kier alpha value is -1.74. The van der Waals surface area contributed by atoms with Crippen LogP contribution in [0.2, 0.25) is 0 Å². The van der Waals surface area contributed by atoms with Crippen LogP contribution in [0, 0.1) is 13.8 Å². The number of hydrogen-bond donors (Lipinski definition) is 0. The van der Waals surface area contributed by atoms with Crippen LogP contribution in [-0.4, -0.2) is 51.6 Å². The summed E-state index contributed by atoms with van der Waals surface area (Å²) in [6.07, 6.45) is 0. The van der Waals surface area contributed by atoms with Crippen molar-refractivity contribution in [3.05, 3.63) is 65.2 Å². The highest BCUT2D eigenvalue weighted by Gasteiger charge is 2.33. The molecule has 1 aliphatic heterocycles. The maximum Gasteiger partial charge on any atom is 0.243 e. The van der Waals surface area contributed by atoms with E-state index in [-0.39, 0.29) is 36.8 Å². The predicted molar refractivity (Wildman–Crippen MR) is 105 cm³/mol. The van der Waals surface area contributed by atoms with Crippen LogP contribution in [0.1, 0.15) is 16.7 Å². The average molecular weight is 409 g/mol. The summed E-state index contributed by atoms with van der Waals surface area (Å²) in [6.45, 7) is 4.45. The molecular weight excluding hydrogens is 384 g/mol. The van der Waals surface area contributed by atoms with Gasteiger partial charge in [0, 0.05) is 26.2 Å². The van der Waals surface area contributed by atoms with E-state index in [1.807, 2.05) is 19.9 Å². The Bertz CT molecular complexity index is 1010. The standard InChI is InChI=1S/C19H24N2O4S2/c1-16-8-9-19(14-17(16)2)27(24,25)21-12-10-20(11-13-21)26(22,23)15-18-6-4-3-5-7-18/h3-9,14H,10-13,15H2,1-2H3. The topological polar surface area (TPSA) is 74.8 Å². The average Bonchev–Trinajstić information content (AvgIpc) is 2.64. The predicted octanol–water partition coefficient (Wildman–Crippen LogP) is 2.14. The van der Waals surface area contributed by atoms with Crippen LogP contribution in [0.3, 0.4) is 0 Å². The van der Waals surface area contributed by atoms with Gasteiger partial charge in [-0.05, 0) is 42.7 Å². The summed E-state index contributed by atoms with van der Waals surface area (Å²) in [5, 5.41) is 0. The van der Waals surface area contributed by atoms with Crippen LogP contribution in [0.5, 0.6) is 0 Å². The van der Waals surface area contributed by atoms with E-state index in [0.717, 1.165) is 16.7 Å². The SMILES string of the molecule is Cc1ccc(S(=O)(=O)N2CCN(S(=O)(=O)Cc3ccccc3)CC2)cc1C. The van der Waals surface area contributed by atoms with Gasteiger partial charge in [0.2, 0.25) is 20.0 Å². The molecule has 1 heterocycles. The van der Waals surface area contributed by atoms with E-state index in [0.29, 0.717) is 0 Å². The first-order valence-corrected chi connectivity index (χ1v) is 11.8. The van der Waals surface area contributed by atoms with Crippen LogP contribution < -0.4 is 0 Å². The van der Waals surface area contributed by atoms with E-state index in [1.165, 1.54) is 8.61 Å². The highest BCUT2D eigenvalue weighted by molar-refractivity contribution is 7.89. The van der Waals surface area contributed by atoms with Crippen molar-refractivity contribution in [3.8, 4) is 0 Å². The molecule has 0 aromatic heterocycles. The molecule has 1 aliphatic rings. The van der Waals surface area contributed by atoms with E-state index in [1.54, 1.807) is 42.5 Å². The Kier molecular flexibility index (Phi) is 5.71. The van der Waals surface area contributed by atoms with E-state index >= 15 is 0 Å². The molecule has 3 rings (SSSR count). The number of nitrogens with zero attached hydrogens (tertiary/aromatic N) is 2. The molecule has 0 amide bonds. The van der Waals surface area contributed by atoms with Gasteiger partial charge in [-0.3, -0.25) is 0 Å². The van der Waals surface area contributed by atoms with Crippen LogP contribution in [0.4, 0.5) is 0 Å². The zero-order valence-electron chi connectivity index (χ0n) is 15.5. The molecular formula is C19H24N2O4S2. The normalized spacial score (nSPS) is 17.1. The fourth-order valence-electron chi connectivity index (χ4n) is 3.09. The lowest BCUT2D eigenvalue weighted by atomic mass is 10.1. The number of sulfonamides is 2. The second-order valence-corrected chi connectivity index (χ2v) is 10.7. The number of hydrogen-bond acceptors (Lipinski definition) is 4. The highest BCUT2D eigenvalue weighted by Crippen LogP contribution is 2.22. The van der Waals surface area contributed by atoms with E-state index in [2.05, 4.69) is 0 Å². The van der Waals surface area contributed by atoms with Gasteiger partial charge in [0.1, 0.15) is 0 Å². The Morgan fingerprint density at radius 1 is 0.778 bits per heavy atom. The first-order chi connectivity index (χ1) is 12.7. The lowest BCUT2D eigenvalue weighted by molar-refractivity contribution is 0.272. The Morgan fingerprint density at radius 2 is 1.37 bits per heavy atom. The summed E-state index contributed by atoms with van der Waals surface area (Å²) in [5.41, 5.74) is 2.67. The van der Waals surface area contributed by atoms with Crippen LogP contribution in [-0.2, 0) is 25.8 Å². The largest absolute Gasteiger partial charge is 0.243 e. The Morgan fingerprint density at radius 3 is 1.96 bits per heavy atom. The number of rotatable bonds is 5. The van der Waals surface area contributed by atoms with Crippen molar-refractivity contribution in [2.75, 3.05) is 26.2 Å². The van der Waals surface area contributed by atoms with Gasteiger partial charge in [-0.1, -0.05) is 36.4 Å². The lowest BCUT2D eigenvalue weighted by Gasteiger charge is -2.33. The first kappa shape index (κ1) is 20.0. The van der Waals surface area contributed by atoms with Gasteiger partial charge in [0.05, 0.1) is 10.6 Å². The molecule has 0 bridgehead atoms. The molecule has 0 atom stereocenters. The molecule has 0 unspecified atom stereocenters. The molecule has 0 N–H and O–H groups in total. The lowest BCUT2D eigenvalue weighted by Crippen LogP contribution is -2.50. The van der Waals surface area contributed by atoms with Crippen molar-refractivity contribution < 1.29 is 16.8 Å². The molecule has 2 aromatic rings. The number of aryl methyl sites for hydroxylation is 2. The highest BCUT2D eigenvalue weighted by atomic mass is 32.2. The molecule has 8 heteroatoms. The smallest absolute Gasteiger partial charge is 0.212 e. The molecule has 6 nitrogen and oxygen atoms in total. The van der Waals surface area contributed by atoms with E-state index < -0.39 is 20.0 Å². The second-order valence-electron chi connectivity index (χ2n) is 6.79. The summed E-state index contributed by atoms with van der Waals surface area (Å²) < 4.78 is 53.7. The summed E-state index contributed by atoms with van der Waals surface area (Å²) in [6, 6.07) is 14.1. The molecule has 0 radical (unpaired) electrons. The van der Waals surface area contributed by atoms with Gasteiger partial charge in [-0.15, -0.1) is 0 Å². The van der Waals surface area contributed by atoms with Crippen molar-refractivity contribution in [1.82, 2.24) is 8.61 Å². The minimum Gasteiger partial charge on any atom is -0.212 e. The molecule has 1 fully saturated rings. The van der Waals surface area contributed by atoms with Gasteiger partial charge < -0.3 is 0 Å². The molecule has 2 aromatic carbocycles. The number of piperazine rings is 1. The first-order valence-electron chi connectivity index (χ1n) is 8.79. The van der Waals surface area contributed by atoms with Crippen molar-refractivity contribution in [2.24, 2.45) is 0 Å². The van der Waals surface area contributed by atoms with Gasteiger partial charge >= 0.3 is 0 Å². The summed E-state index contributed by atoms with van der Waals surface area (Å²) in [7, 11) is -7.09. The quantitative estimate of drug-likeness (QED) is 0.760. The van der Waals surface area contributed by atoms with Gasteiger partial charge in [-0.25, -0.2) is 16.8 Å². The number of benzene rings is 2. The van der Waals surface area contributed by atoms with Crippen LogP contribution in [0.15, 0.2) is 53.4 Å². The molecule has 0 aliphatic carbocycles. The minimum atomic E-state index is -3.62. The van der Waals surface area contributed by atoms with Gasteiger partial charge in [0.15, 0.2) is 0 Å². The van der Waals surface area contributed by atoms with Crippen LogP contribution >= 0.6 is 0 Å². The molecule has 0 saturated carbocycles. The fraction of sp³-hybridized carbons (Fsp3) is 0.368. The van der Waals surface area contributed by atoms with Gasteiger partial charge in [-0.2, -0.15) is 8.61 Å². The van der Waals surface area contributed by atoms with Crippen molar-refractivity contribution in [2.45, 2.75) is 24.5 Å². The maximum atomic E-state index is 12.9. The minimum absolute atomic E-state index is 0.0717. The molecule has 27 heavy (non-hydrogen) atoms. The Labute approximate surface area is 161 Å². The third-order valence-electron chi connectivity index (χ3n) is 4.90. The zero-order chi connectivity index (χ0) is 19.7.